The third-order valence-electron chi connectivity index (χ3n) is 2.32. The molecular formula is C11H11F2N3. The van der Waals surface area contributed by atoms with Crippen molar-refractivity contribution in [2.45, 2.75) is 12.8 Å². The van der Waals surface area contributed by atoms with E-state index in [9.17, 15) is 8.78 Å². The van der Waals surface area contributed by atoms with E-state index in [2.05, 4.69) is 10.2 Å². The predicted molar refractivity (Wildman–Crippen MR) is 58.1 cm³/mol. The summed E-state index contributed by atoms with van der Waals surface area (Å²) in [5, 5.41) is 6.42. The van der Waals surface area contributed by atoms with Gasteiger partial charge in [-0.25, -0.2) is 8.78 Å². The molecule has 84 valence electrons. The van der Waals surface area contributed by atoms with Crippen LogP contribution < -0.4 is 5.73 Å². The van der Waals surface area contributed by atoms with E-state index in [4.69, 9.17) is 5.73 Å². The summed E-state index contributed by atoms with van der Waals surface area (Å²) < 4.78 is 24.2. The van der Waals surface area contributed by atoms with Gasteiger partial charge in [0, 0.05) is 12.0 Å². The largest absolute Gasteiger partial charge is 0.384 e. The zero-order valence-electron chi connectivity index (χ0n) is 8.45. The minimum Gasteiger partial charge on any atom is -0.384 e. The second-order valence-corrected chi connectivity index (χ2v) is 3.49. The number of nitrogen functional groups attached to an aromatic ring is 1. The quantitative estimate of drug-likeness (QED) is 0.839. The summed E-state index contributed by atoms with van der Waals surface area (Å²) >= 11 is 0. The summed E-state index contributed by atoms with van der Waals surface area (Å²) in [6.45, 7) is 0. The number of rotatable bonds is 3. The van der Waals surface area contributed by atoms with Crippen LogP contribution in [0.4, 0.5) is 14.6 Å². The van der Waals surface area contributed by atoms with E-state index in [1.54, 1.807) is 30.5 Å². The average molecular weight is 223 g/mol. The molecular weight excluding hydrogens is 212 g/mol. The number of benzene rings is 1. The van der Waals surface area contributed by atoms with Gasteiger partial charge in [0.2, 0.25) is 6.43 Å². The molecule has 1 heterocycles. The molecule has 0 fully saturated rings. The van der Waals surface area contributed by atoms with Gasteiger partial charge in [-0.2, -0.15) is 5.10 Å². The van der Waals surface area contributed by atoms with Crippen molar-refractivity contribution >= 4 is 5.82 Å². The molecule has 0 spiro atoms. The highest BCUT2D eigenvalue weighted by molar-refractivity contribution is 5.72. The van der Waals surface area contributed by atoms with Crippen molar-refractivity contribution in [3.8, 4) is 11.1 Å². The smallest absolute Gasteiger partial charge is 0.242 e. The summed E-state index contributed by atoms with van der Waals surface area (Å²) in [6, 6.07) is 6.87. The van der Waals surface area contributed by atoms with Crippen LogP contribution in [0.25, 0.3) is 11.1 Å². The van der Waals surface area contributed by atoms with Crippen LogP contribution in [0.1, 0.15) is 5.56 Å². The molecule has 0 bridgehead atoms. The minimum absolute atomic E-state index is 0.221. The Balaban J connectivity index is 2.23. The van der Waals surface area contributed by atoms with Crippen molar-refractivity contribution in [1.82, 2.24) is 10.2 Å². The number of halogens is 2. The zero-order valence-corrected chi connectivity index (χ0v) is 8.45. The third kappa shape index (κ3) is 2.18. The molecule has 1 aromatic heterocycles. The number of anilines is 1. The number of aromatic nitrogens is 2. The maximum Gasteiger partial charge on any atom is 0.242 e. The number of nitrogens with two attached hydrogens (primary N) is 1. The lowest BCUT2D eigenvalue weighted by molar-refractivity contribution is 0.149. The molecule has 0 saturated carbocycles. The number of hydrogen-bond donors (Lipinski definition) is 2. The Kier molecular flexibility index (Phi) is 2.85. The summed E-state index contributed by atoms with van der Waals surface area (Å²) in [6.07, 6.45) is -0.927. The molecule has 3 N–H and O–H groups in total. The van der Waals surface area contributed by atoms with Gasteiger partial charge >= 0.3 is 0 Å². The van der Waals surface area contributed by atoms with Gasteiger partial charge in [-0.1, -0.05) is 24.3 Å². The Labute approximate surface area is 91.3 Å². The molecule has 0 atom stereocenters. The van der Waals surface area contributed by atoms with Crippen molar-refractivity contribution in [2.24, 2.45) is 0 Å². The third-order valence-corrected chi connectivity index (χ3v) is 2.32. The molecule has 0 aliphatic rings. The molecule has 2 rings (SSSR count). The first kappa shape index (κ1) is 10.6. The first-order valence-corrected chi connectivity index (χ1v) is 4.83. The maximum absolute atomic E-state index is 12.1. The zero-order chi connectivity index (χ0) is 11.5. The average Bonchev–Trinajstić information content (AvgIpc) is 2.65. The molecule has 3 nitrogen and oxygen atoms in total. The number of nitrogens with one attached hydrogen (secondary N) is 1. The van der Waals surface area contributed by atoms with Crippen LogP contribution in [0.2, 0.25) is 0 Å². The normalized spacial score (nSPS) is 10.9. The van der Waals surface area contributed by atoms with Crippen LogP contribution in [-0.2, 0) is 6.42 Å². The Morgan fingerprint density at radius 3 is 2.44 bits per heavy atom. The summed E-state index contributed by atoms with van der Waals surface area (Å²) in [5.74, 6) is 0.474. The van der Waals surface area contributed by atoms with E-state index >= 15 is 0 Å². The van der Waals surface area contributed by atoms with Crippen molar-refractivity contribution < 1.29 is 8.78 Å². The SMILES string of the molecule is Nc1[nH]ncc1-c1ccc(CC(F)F)cc1. The highest BCUT2D eigenvalue weighted by Crippen LogP contribution is 2.24. The fourth-order valence-corrected chi connectivity index (χ4v) is 1.52. The highest BCUT2D eigenvalue weighted by Gasteiger charge is 2.07. The van der Waals surface area contributed by atoms with Gasteiger partial charge in [0.25, 0.3) is 0 Å². The number of nitrogens with zero attached hydrogens (tertiary/aromatic N) is 1. The molecule has 1 aromatic carbocycles. The molecule has 0 amide bonds. The maximum atomic E-state index is 12.1. The van der Waals surface area contributed by atoms with Gasteiger partial charge in [-0.15, -0.1) is 0 Å². The lowest BCUT2D eigenvalue weighted by Gasteiger charge is -2.02. The van der Waals surface area contributed by atoms with Crippen molar-refractivity contribution in [2.75, 3.05) is 5.73 Å². The minimum atomic E-state index is -2.31. The van der Waals surface area contributed by atoms with E-state index in [1.165, 1.54) is 0 Å². The predicted octanol–water partition coefficient (Wildman–Crippen LogP) is 2.47. The second-order valence-electron chi connectivity index (χ2n) is 3.49. The molecule has 0 unspecified atom stereocenters. The first-order chi connectivity index (χ1) is 7.66. The van der Waals surface area contributed by atoms with E-state index < -0.39 is 6.43 Å². The topological polar surface area (TPSA) is 54.7 Å². The van der Waals surface area contributed by atoms with Crippen molar-refractivity contribution in [1.29, 1.82) is 0 Å². The first-order valence-electron chi connectivity index (χ1n) is 4.83. The van der Waals surface area contributed by atoms with Gasteiger partial charge in [-0.05, 0) is 11.1 Å². The molecule has 2 aromatic rings. The standard InChI is InChI=1S/C11H11F2N3/c12-10(13)5-7-1-3-8(4-2-7)9-6-15-16-11(9)14/h1-4,6,10H,5H2,(H3,14,15,16). The lowest BCUT2D eigenvalue weighted by atomic mass is 10.1. The molecule has 16 heavy (non-hydrogen) atoms. The van der Waals surface area contributed by atoms with E-state index in [-0.39, 0.29) is 6.42 Å². The van der Waals surface area contributed by atoms with Gasteiger partial charge in [0.05, 0.1) is 6.20 Å². The Morgan fingerprint density at radius 1 is 1.25 bits per heavy atom. The molecule has 0 aliphatic heterocycles. The fraction of sp³-hybridized carbons (Fsp3) is 0.182. The van der Waals surface area contributed by atoms with Crippen molar-refractivity contribution in [3.63, 3.8) is 0 Å². The number of H-pyrrole nitrogens is 1. The monoisotopic (exact) mass is 223 g/mol. The van der Waals surface area contributed by atoms with E-state index in [0.29, 0.717) is 11.4 Å². The Morgan fingerprint density at radius 2 is 1.94 bits per heavy atom. The number of hydrogen-bond acceptors (Lipinski definition) is 2. The number of aromatic amines is 1. The van der Waals surface area contributed by atoms with E-state index in [1.807, 2.05) is 0 Å². The van der Waals surface area contributed by atoms with Crippen LogP contribution in [0.3, 0.4) is 0 Å². The summed E-state index contributed by atoms with van der Waals surface area (Å²) in [5.41, 5.74) is 7.91. The molecule has 5 heteroatoms. The Hall–Kier alpha value is -1.91. The van der Waals surface area contributed by atoms with Crippen LogP contribution in [0.5, 0.6) is 0 Å². The van der Waals surface area contributed by atoms with Gasteiger partial charge < -0.3 is 5.73 Å². The van der Waals surface area contributed by atoms with Crippen LogP contribution in [0.15, 0.2) is 30.5 Å². The van der Waals surface area contributed by atoms with Crippen LogP contribution in [-0.4, -0.2) is 16.6 Å². The van der Waals surface area contributed by atoms with Crippen LogP contribution >= 0.6 is 0 Å². The summed E-state index contributed by atoms with van der Waals surface area (Å²) in [4.78, 5) is 0. The molecule has 0 radical (unpaired) electrons. The van der Waals surface area contributed by atoms with Gasteiger partial charge in [0.1, 0.15) is 5.82 Å². The van der Waals surface area contributed by atoms with Gasteiger partial charge in [0.15, 0.2) is 0 Å². The molecule has 0 aliphatic carbocycles. The summed E-state index contributed by atoms with van der Waals surface area (Å²) in [7, 11) is 0. The van der Waals surface area contributed by atoms with Gasteiger partial charge in [-0.3, -0.25) is 5.10 Å². The Bertz CT molecular complexity index is 462. The second kappa shape index (κ2) is 4.30. The molecule has 0 saturated heterocycles. The van der Waals surface area contributed by atoms with Crippen LogP contribution in [0, 0.1) is 0 Å². The lowest BCUT2D eigenvalue weighted by Crippen LogP contribution is -1.96. The number of alkyl halides is 2. The highest BCUT2D eigenvalue weighted by atomic mass is 19.3. The van der Waals surface area contributed by atoms with Crippen molar-refractivity contribution in [3.05, 3.63) is 36.0 Å². The van der Waals surface area contributed by atoms with E-state index in [0.717, 1.165) is 11.1 Å². The fourth-order valence-electron chi connectivity index (χ4n) is 1.52.